The quantitative estimate of drug-likeness (QED) is 0.302. The maximum atomic E-state index is 14.1. The minimum absolute atomic E-state index is 0.158. The van der Waals surface area contributed by atoms with Crippen LogP contribution >= 0.6 is 11.3 Å². The second-order valence-corrected chi connectivity index (χ2v) is 11.5. The summed E-state index contributed by atoms with van der Waals surface area (Å²) < 4.78 is 9.76. The molecule has 2 aromatic carbocycles. The lowest BCUT2D eigenvalue weighted by molar-refractivity contribution is -0.136. The molecule has 0 radical (unpaired) electrons. The number of esters is 1. The summed E-state index contributed by atoms with van der Waals surface area (Å²) in [6.45, 7) is 13.4. The summed E-state index contributed by atoms with van der Waals surface area (Å²) in [5.41, 5.74) is 7.46. The van der Waals surface area contributed by atoms with Crippen molar-refractivity contribution in [1.29, 1.82) is 0 Å². The zero-order valence-corrected chi connectivity index (χ0v) is 24.5. The van der Waals surface area contributed by atoms with Gasteiger partial charge in [0.25, 0.3) is 5.56 Å². The van der Waals surface area contributed by atoms with Crippen LogP contribution in [-0.4, -0.2) is 22.2 Å². The van der Waals surface area contributed by atoms with Gasteiger partial charge in [0, 0.05) is 23.2 Å². The highest BCUT2D eigenvalue weighted by atomic mass is 32.1. The molecule has 7 heteroatoms. The van der Waals surface area contributed by atoms with Crippen molar-refractivity contribution < 1.29 is 9.53 Å². The second kappa shape index (κ2) is 10.5. The molecule has 3 heterocycles. The third-order valence-electron chi connectivity index (χ3n) is 7.66. The molecular formula is C32H35N3O3S. The summed E-state index contributed by atoms with van der Waals surface area (Å²) in [5, 5.41) is 1.14. The molecule has 5 rings (SSSR count). The van der Waals surface area contributed by atoms with E-state index in [1.54, 1.807) is 4.57 Å². The van der Waals surface area contributed by atoms with Crippen molar-refractivity contribution in [2.45, 2.75) is 66.5 Å². The first-order valence-electron chi connectivity index (χ1n) is 13.5. The fourth-order valence-corrected chi connectivity index (χ4v) is 6.66. The van der Waals surface area contributed by atoms with Crippen LogP contribution in [0, 0.1) is 13.8 Å². The molecule has 1 atom stereocenters. The number of methoxy groups -OCH3 is 1. The van der Waals surface area contributed by atoms with Gasteiger partial charge in [-0.15, -0.1) is 0 Å². The van der Waals surface area contributed by atoms with Crippen molar-refractivity contribution in [3.8, 4) is 0 Å². The average molecular weight is 542 g/mol. The predicted molar refractivity (Wildman–Crippen MR) is 158 cm³/mol. The van der Waals surface area contributed by atoms with Crippen molar-refractivity contribution in [3.63, 3.8) is 0 Å². The maximum absolute atomic E-state index is 14.1. The van der Waals surface area contributed by atoms with Crippen LogP contribution in [-0.2, 0) is 16.1 Å². The van der Waals surface area contributed by atoms with Crippen LogP contribution in [0.2, 0.25) is 0 Å². The molecule has 202 valence electrons. The van der Waals surface area contributed by atoms with Gasteiger partial charge in [-0.2, -0.15) is 0 Å². The van der Waals surface area contributed by atoms with Crippen LogP contribution in [0.1, 0.15) is 74.0 Å². The molecule has 6 nitrogen and oxygen atoms in total. The third-order valence-corrected chi connectivity index (χ3v) is 8.64. The fraction of sp³-hybridized carbons (Fsp3) is 0.344. The molecule has 2 aromatic heterocycles. The highest BCUT2D eigenvalue weighted by Gasteiger charge is 2.33. The number of rotatable bonds is 6. The number of aromatic nitrogens is 2. The molecule has 4 aromatic rings. The van der Waals surface area contributed by atoms with E-state index in [2.05, 4.69) is 69.5 Å². The smallest absolute Gasteiger partial charge is 0.338 e. The topological polar surface area (TPSA) is 65.6 Å². The highest BCUT2D eigenvalue weighted by Crippen LogP contribution is 2.32. The van der Waals surface area contributed by atoms with E-state index in [0.29, 0.717) is 26.5 Å². The number of hydrogen-bond donors (Lipinski definition) is 0. The number of carbonyl (C=O) groups excluding carboxylic acids is 1. The van der Waals surface area contributed by atoms with Gasteiger partial charge in [0.2, 0.25) is 0 Å². The molecule has 0 spiro atoms. The molecule has 0 fully saturated rings. The lowest BCUT2D eigenvalue weighted by atomic mass is 9.93. The zero-order chi connectivity index (χ0) is 28.0. The van der Waals surface area contributed by atoms with Crippen molar-refractivity contribution in [1.82, 2.24) is 9.13 Å². The van der Waals surface area contributed by atoms with Crippen LogP contribution in [0.5, 0.6) is 0 Å². The number of nitrogens with zero attached hydrogens (tertiary/aromatic N) is 3. The van der Waals surface area contributed by atoms with Gasteiger partial charge in [-0.1, -0.05) is 74.6 Å². The Labute approximate surface area is 232 Å². The first-order valence-corrected chi connectivity index (χ1v) is 14.3. The number of hydrogen-bond acceptors (Lipinski definition) is 5. The molecular weight excluding hydrogens is 506 g/mol. The number of benzene rings is 2. The van der Waals surface area contributed by atoms with Crippen molar-refractivity contribution >= 4 is 34.3 Å². The third kappa shape index (κ3) is 4.48. The largest absolute Gasteiger partial charge is 0.466 e. The number of carbonyl (C=O) groups is 1. The summed E-state index contributed by atoms with van der Waals surface area (Å²) in [6.07, 6.45) is 3.02. The van der Waals surface area contributed by atoms with Gasteiger partial charge in [0.05, 0.1) is 34.5 Å². The summed E-state index contributed by atoms with van der Waals surface area (Å²) in [5.74, 6) is -0.0995. The molecule has 0 saturated carbocycles. The standard InChI is InChI=1S/C32H35N3O3S/c1-8-16-34-21(6)25(24-11-9-10-19(4)28(24)34)17-26-30(36)35-29(23-14-12-22(13-15-23)18(2)3)27(31(37)38-7)20(5)33-32(35)39-26/h9-15,17-18,29H,8,16H2,1-7H3/b26-17-/t29-/m1/s1. The van der Waals surface area contributed by atoms with Crippen LogP contribution in [0.4, 0.5) is 0 Å². The van der Waals surface area contributed by atoms with Crippen molar-refractivity contribution in [3.05, 3.63) is 101 Å². The Morgan fingerprint density at radius 3 is 2.49 bits per heavy atom. The zero-order valence-electron chi connectivity index (χ0n) is 23.7. The Balaban J connectivity index is 1.76. The predicted octanol–water partition coefficient (Wildman–Crippen LogP) is 5.51. The fourth-order valence-electron chi connectivity index (χ4n) is 5.63. The van der Waals surface area contributed by atoms with Gasteiger partial charge in [-0.25, -0.2) is 9.79 Å². The SMILES string of the molecule is CCCn1c(C)c(/C=c2\sc3n(c2=O)[C@H](c2ccc(C(C)C)cc2)C(C(=O)OC)=C(C)N=3)c2cccc(C)c21. The molecule has 0 bridgehead atoms. The Morgan fingerprint density at radius 2 is 1.85 bits per heavy atom. The van der Waals surface area contributed by atoms with Gasteiger partial charge >= 0.3 is 5.97 Å². The number of allylic oxidation sites excluding steroid dienone is 1. The van der Waals surface area contributed by atoms with Crippen LogP contribution < -0.4 is 14.9 Å². The number of aryl methyl sites for hydroxylation is 2. The normalized spacial score (nSPS) is 15.7. The Kier molecular flexibility index (Phi) is 7.21. The molecule has 0 amide bonds. The number of para-hydroxylation sites is 1. The molecule has 0 aliphatic carbocycles. The Hall–Kier alpha value is -3.71. The van der Waals surface area contributed by atoms with Crippen molar-refractivity contribution in [2.75, 3.05) is 7.11 Å². The van der Waals surface area contributed by atoms with Gasteiger partial charge < -0.3 is 9.30 Å². The molecule has 1 aliphatic rings. The number of ether oxygens (including phenoxy) is 1. The molecule has 0 N–H and O–H groups in total. The second-order valence-electron chi connectivity index (χ2n) is 10.5. The van der Waals surface area contributed by atoms with E-state index in [4.69, 9.17) is 9.73 Å². The van der Waals surface area contributed by atoms with E-state index >= 15 is 0 Å². The summed E-state index contributed by atoms with van der Waals surface area (Å²) in [4.78, 5) is 32.4. The van der Waals surface area contributed by atoms with Gasteiger partial charge in [0.15, 0.2) is 4.80 Å². The number of fused-ring (bicyclic) bond motifs is 2. The maximum Gasteiger partial charge on any atom is 0.338 e. The van der Waals surface area contributed by atoms with E-state index in [-0.39, 0.29) is 5.56 Å². The van der Waals surface area contributed by atoms with Gasteiger partial charge in [-0.05, 0) is 55.9 Å². The minimum Gasteiger partial charge on any atom is -0.466 e. The van der Waals surface area contributed by atoms with E-state index in [0.717, 1.165) is 35.2 Å². The molecule has 39 heavy (non-hydrogen) atoms. The molecule has 0 unspecified atom stereocenters. The van der Waals surface area contributed by atoms with Crippen LogP contribution in [0.25, 0.3) is 17.0 Å². The monoisotopic (exact) mass is 541 g/mol. The van der Waals surface area contributed by atoms with Crippen LogP contribution in [0.15, 0.2) is 63.5 Å². The molecule has 1 aliphatic heterocycles. The summed E-state index contributed by atoms with van der Waals surface area (Å²) in [7, 11) is 1.36. The molecule has 0 saturated heterocycles. The minimum atomic E-state index is -0.609. The lowest BCUT2D eigenvalue weighted by Gasteiger charge is -2.24. The van der Waals surface area contributed by atoms with Crippen LogP contribution in [0.3, 0.4) is 0 Å². The summed E-state index contributed by atoms with van der Waals surface area (Å²) in [6, 6.07) is 13.9. The van der Waals surface area contributed by atoms with E-state index in [9.17, 15) is 9.59 Å². The van der Waals surface area contributed by atoms with E-state index in [1.165, 1.54) is 35.1 Å². The van der Waals surface area contributed by atoms with E-state index < -0.39 is 12.0 Å². The van der Waals surface area contributed by atoms with Gasteiger partial charge in [-0.3, -0.25) is 9.36 Å². The Morgan fingerprint density at radius 1 is 1.13 bits per heavy atom. The van der Waals surface area contributed by atoms with E-state index in [1.807, 2.05) is 25.1 Å². The van der Waals surface area contributed by atoms with Gasteiger partial charge in [0.1, 0.15) is 0 Å². The highest BCUT2D eigenvalue weighted by molar-refractivity contribution is 7.07. The number of thiazole rings is 1. The lowest BCUT2D eigenvalue weighted by Crippen LogP contribution is -2.39. The van der Waals surface area contributed by atoms with Crippen molar-refractivity contribution in [2.24, 2.45) is 4.99 Å². The Bertz CT molecular complexity index is 1800. The first kappa shape index (κ1) is 26.9. The average Bonchev–Trinajstić information content (AvgIpc) is 3.37. The summed E-state index contributed by atoms with van der Waals surface area (Å²) >= 11 is 1.37. The first-order chi connectivity index (χ1) is 18.7.